The van der Waals surface area contributed by atoms with Gasteiger partial charge in [0.15, 0.2) is 11.5 Å². The second-order valence-electron chi connectivity index (χ2n) is 6.06. The molecule has 3 rings (SSSR count). The van der Waals surface area contributed by atoms with Gasteiger partial charge in [0.25, 0.3) is 5.56 Å². The highest BCUT2D eigenvalue weighted by Crippen LogP contribution is 2.36. The van der Waals surface area contributed by atoms with Crippen LogP contribution in [0.5, 0.6) is 11.5 Å². The van der Waals surface area contributed by atoms with E-state index in [0.29, 0.717) is 0 Å². The van der Waals surface area contributed by atoms with Gasteiger partial charge in [0.05, 0.1) is 12.9 Å². The molecule has 0 radical (unpaired) electrons. The molecule has 0 aliphatic carbocycles. The van der Waals surface area contributed by atoms with Crippen molar-refractivity contribution < 1.29 is 38.5 Å². The van der Waals surface area contributed by atoms with Crippen LogP contribution in [-0.2, 0) is 0 Å². The van der Waals surface area contributed by atoms with Gasteiger partial charge >= 0.3 is 17.9 Å². The first-order valence-electron chi connectivity index (χ1n) is 8.79. The number of aromatic amines is 1. The maximum atomic E-state index is 12.2. The van der Waals surface area contributed by atoms with Crippen molar-refractivity contribution in [3.63, 3.8) is 0 Å². The number of carboxylic acid groups (broad SMARTS) is 2. The number of hydrogen-bond acceptors (Lipinski definition) is 8. The van der Waals surface area contributed by atoms with Crippen molar-refractivity contribution in [1.29, 1.82) is 0 Å². The van der Waals surface area contributed by atoms with Gasteiger partial charge in [-0.05, 0) is 36.8 Å². The number of aromatic nitrogens is 1. The van der Waals surface area contributed by atoms with Crippen molar-refractivity contribution in [2.75, 3.05) is 12.3 Å². The Kier molecular flexibility index (Phi) is 5.77. The topological polar surface area (TPSA) is 182 Å². The van der Waals surface area contributed by atoms with Crippen molar-refractivity contribution in [3.05, 3.63) is 63.8 Å². The number of benzene rings is 1. The Bertz CT molecular complexity index is 1230. The molecule has 0 atom stereocenters. The Morgan fingerprint density at radius 1 is 1.10 bits per heavy atom. The zero-order chi connectivity index (χ0) is 22.7. The Labute approximate surface area is 173 Å². The van der Waals surface area contributed by atoms with Gasteiger partial charge in [0, 0.05) is 5.56 Å². The van der Waals surface area contributed by atoms with Crippen LogP contribution in [0.15, 0.2) is 45.8 Å². The van der Waals surface area contributed by atoms with E-state index >= 15 is 0 Å². The van der Waals surface area contributed by atoms with Crippen molar-refractivity contribution in [3.8, 4) is 22.6 Å². The minimum absolute atomic E-state index is 0.00596. The minimum atomic E-state index is -1.65. The van der Waals surface area contributed by atoms with Crippen molar-refractivity contribution in [2.24, 2.45) is 0 Å². The predicted octanol–water partition coefficient (Wildman–Crippen LogP) is 2.23. The third-order valence-electron chi connectivity index (χ3n) is 4.13. The largest absolute Gasteiger partial charge is 0.490 e. The number of nitrogens with one attached hydrogen (secondary N) is 1. The van der Waals surface area contributed by atoms with Crippen LogP contribution >= 0.6 is 0 Å². The number of carbonyl (C=O) groups is 3. The number of pyridine rings is 1. The molecule has 0 aliphatic heterocycles. The molecule has 31 heavy (non-hydrogen) atoms. The van der Waals surface area contributed by atoms with E-state index < -0.39 is 46.0 Å². The zero-order valence-electron chi connectivity index (χ0n) is 16.0. The van der Waals surface area contributed by atoms with E-state index in [1.165, 1.54) is 36.6 Å². The van der Waals surface area contributed by atoms with E-state index in [2.05, 4.69) is 0 Å². The van der Waals surface area contributed by atoms with E-state index in [9.17, 15) is 29.4 Å². The van der Waals surface area contributed by atoms with E-state index in [1.54, 1.807) is 6.92 Å². The van der Waals surface area contributed by atoms with Crippen LogP contribution < -0.4 is 20.8 Å². The number of carbonyl (C=O) groups excluding carboxylic acids is 1. The first kappa shape index (κ1) is 21.2. The number of anilines is 1. The molecule has 11 heteroatoms. The highest BCUT2D eigenvalue weighted by atomic mass is 16.6. The van der Waals surface area contributed by atoms with Crippen LogP contribution in [0, 0.1) is 0 Å². The third-order valence-corrected chi connectivity index (χ3v) is 4.13. The average Bonchev–Trinajstić information content (AvgIpc) is 3.23. The smallest absolute Gasteiger partial charge is 0.379 e. The van der Waals surface area contributed by atoms with Gasteiger partial charge < -0.3 is 34.8 Å². The molecular formula is C20H16N2O9. The fraction of sp³-hybridized carbons (Fsp3) is 0.100. The van der Waals surface area contributed by atoms with Crippen LogP contribution in [0.3, 0.4) is 0 Å². The summed E-state index contributed by atoms with van der Waals surface area (Å²) in [4.78, 5) is 49.8. The number of furan rings is 1. The van der Waals surface area contributed by atoms with Gasteiger partial charge in [-0.15, -0.1) is 0 Å². The lowest BCUT2D eigenvalue weighted by Gasteiger charge is -2.15. The molecule has 0 saturated heterocycles. The zero-order valence-corrected chi connectivity index (χ0v) is 16.0. The summed E-state index contributed by atoms with van der Waals surface area (Å²) in [5, 5.41) is 19.0. The van der Waals surface area contributed by atoms with Crippen LogP contribution in [0.2, 0.25) is 0 Å². The highest BCUT2D eigenvalue weighted by Gasteiger charge is 2.27. The summed E-state index contributed by atoms with van der Waals surface area (Å²) in [6.07, 6.45) is 1.29. The van der Waals surface area contributed by atoms with Crippen LogP contribution in [-0.4, -0.2) is 39.7 Å². The summed E-state index contributed by atoms with van der Waals surface area (Å²) >= 11 is 0. The van der Waals surface area contributed by atoms with Crippen LogP contribution in [0.25, 0.3) is 11.1 Å². The molecule has 0 amide bonds. The summed E-state index contributed by atoms with van der Waals surface area (Å²) in [6.45, 7) is 1.80. The molecule has 0 unspecified atom stereocenters. The SMILES string of the molecule is CCOc1cc(-c2c(C(=O)O)c(N)[nH]c(=O)c2C(=O)O)ccc1OC(=O)c1ccco1. The fourth-order valence-corrected chi connectivity index (χ4v) is 2.90. The normalized spacial score (nSPS) is 10.5. The van der Waals surface area contributed by atoms with E-state index in [4.69, 9.17) is 19.6 Å². The van der Waals surface area contributed by atoms with Crippen molar-refractivity contribution >= 4 is 23.7 Å². The number of nitrogen functional groups attached to an aromatic ring is 1. The summed E-state index contributed by atoms with van der Waals surface area (Å²) < 4.78 is 15.7. The molecule has 0 spiro atoms. The molecule has 0 fully saturated rings. The van der Waals surface area contributed by atoms with Gasteiger partial charge in [-0.25, -0.2) is 14.4 Å². The molecule has 2 heterocycles. The third kappa shape index (κ3) is 4.10. The molecule has 160 valence electrons. The fourth-order valence-electron chi connectivity index (χ4n) is 2.90. The summed E-state index contributed by atoms with van der Waals surface area (Å²) in [6, 6.07) is 6.70. The summed E-state index contributed by atoms with van der Waals surface area (Å²) in [5.41, 5.74) is 2.75. The molecular weight excluding hydrogens is 412 g/mol. The van der Waals surface area contributed by atoms with E-state index in [1.807, 2.05) is 4.98 Å². The maximum absolute atomic E-state index is 12.2. The van der Waals surface area contributed by atoms with Gasteiger partial charge in [-0.1, -0.05) is 6.07 Å². The van der Waals surface area contributed by atoms with Gasteiger partial charge in [-0.2, -0.15) is 0 Å². The summed E-state index contributed by atoms with van der Waals surface area (Å²) in [5.74, 6) is -4.59. The molecule has 0 bridgehead atoms. The van der Waals surface area contributed by atoms with E-state index in [-0.39, 0.29) is 29.4 Å². The standard InChI is InChI=1S/C20H16N2O9/c1-2-29-12-8-9(5-6-10(12)31-20(28)11-4-3-7-30-11)13-14(18(24)25)16(21)22-17(23)15(13)19(26)27/h3-8H,2H2,1H3,(H,24,25)(H,26,27)(H3,21,22,23). The number of ether oxygens (including phenoxy) is 2. The predicted molar refractivity (Wildman–Crippen MR) is 106 cm³/mol. The molecule has 5 N–H and O–H groups in total. The lowest BCUT2D eigenvalue weighted by atomic mass is 9.95. The first-order valence-corrected chi connectivity index (χ1v) is 8.79. The van der Waals surface area contributed by atoms with Gasteiger partial charge in [0.2, 0.25) is 5.76 Å². The lowest BCUT2D eigenvalue weighted by molar-refractivity contribution is 0.0684. The first-order chi connectivity index (χ1) is 14.7. The van der Waals surface area contributed by atoms with Gasteiger partial charge in [0.1, 0.15) is 16.9 Å². The average molecular weight is 428 g/mol. The second-order valence-corrected chi connectivity index (χ2v) is 6.06. The van der Waals surface area contributed by atoms with Crippen molar-refractivity contribution in [2.45, 2.75) is 6.92 Å². The number of nitrogens with two attached hydrogens (primary N) is 1. The molecule has 11 nitrogen and oxygen atoms in total. The quantitative estimate of drug-likeness (QED) is 0.321. The number of H-pyrrole nitrogens is 1. The Morgan fingerprint density at radius 3 is 2.39 bits per heavy atom. The monoisotopic (exact) mass is 428 g/mol. The Hall–Kier alpha value is -4.54. The number of hydrogen-bond donors (Lipinski definition) is 4. The number of aromatic carboxylic acids is 2. The molecule has 1 aromatic carbocycles. The maximum Gasteiger partial charge on any atom is 0.379 e. The van der Waals surface area contributed by atoms with Gasteiger partial charge in [-0.3, -0.25) is 4.79 Å². The molecule has 0 saturated carbocycles. The molecule has 0 aliphatic rings. The summed E-state index contributed by atoms with van der Waals surface area (Å²) in [7, 11) is 0. The number of esters is 1. The van der Waals surface area contributed by atoms with Crippen LogP contribution in [0.1, 0.15) is 38.2 Å². The van der Waals surface area contributed by atoms with Crippen molar-refractivity contribution in [1.82, 2.24) is 4.98 Å². The second kappa shape index (κ2) is 8.45. The Morgan fingerprint density at radius 2 is 1.81 bits per heavy atom. The lowest BCUT2D eigenvalue weighted by Crippen LogP contribution is -2.24. The van der Waals surface area contributed by atoms with Crippen LogP contribution in [0.4, 0.5) is 5.82 Å². The molecule has 3 aromatic rings. The minimum Gasteiger partial charge on any atom is -0.490 e. The Balaban J connectivity index is 2.19. The molecule has 2 aromatic heterocycles. The number of carboxylic acids is 2. The number of rotatable bonds is 7. The highest BCUT2D eigenvalue weighted by molar-refractivity contribution is 6.07. The van der Waals surface area contributed by atoms with E-state index in [0.717, 1.165) is 0 Å².